The lowest BCUT2D eigenvalue weighted by Crippen LogP contribution is -2.72. The summed E-state index contributed by atoms with van der Waals surface area (Å²) < 4.78 is 13.7. The van der Waals surface area contributed by atoms with Crippen molar-refractivity contribution < 1.29 is 14.3 Å². The van der Waals surface area contributed by atoms with Crippen LogP contribution in [-0.4, -0.2) is 17.1 Å². The molecule has 1 aromatic rings. The number of aliphatic carboxylic acids is 1. The highest BCUT2D eigenvalue weighted by Crippen LogP contribution is 2.74. The molecule has 0 aromatic heterocycles. The van der Waals surface area contributed by atoms with Gasteiger partial charge in [-0.15, -0.1) is 0 Å². The average molecular weight is 235 g/mol. The van der Waals surface area contributed by atoms with Gasteiger partial charge in [0.2, 0.25) is 0 Å². The van der Waals surface area contributed by atoms with E-state index >= 15 is 0 Å². The minimum absolute atomic E-state index is 0.140. The van der Waals surface area contributed by atoms with Gasteiger partial charge in [-0.05, 0) is 36.3 Å². The Bertz CT molecular complexity index is 480. The molecule has 1 unspecified atom stereocenters. The Morgan fingerprint density at radius 3 is 2.47 bits per heavy atom. The molecule has 0 radical (unpaired) electrons. The first-order valence-corrected chi connectivity index (χ1v) is 5.73. The van der Waals surface area contributed by atoms with Crippen molar-refractivity contribution in [3.05, 3.63) is 35.6 Å². The van der Waals surface area contributed by atoms with Crippen molar-refractivity contribution in [2.75, 3.05) is 0 Å². The Morgan fingerprint density at radius 1 is 1.35 bits per heavy atom. The molecule has 3 saturated carbocycles. The summed E-state index contributed by atoms with van der Waals surface area (Å²) in [5.41, 5.74) is 5.97. The van der Waals surface area contributed by atoms with E-state index in [1.54, 1.807) is 12.1 Å². The van der Waals surface area contributed by atoms with E-state index < -0.39 is 12.0 Å². The highest BCUT2D eigenvalue weighted by Gasteiger charge is 2.72. The van der Waals surface area contributed by atoms with Gasteiger partial charge in [-0.3, -0.25) is 4.79 Å². The number of nitrogens with two attached hydrogens (primary N) is 1. The summed E-state index contributed by atoms with van der Waals surface area (Å²) in [7, 11) is 0. The van der Waals surface area contributed by atoms with E-state index in [4.69, 9.17) is 10.8 Å². The van der Waals surface area contributed by atoms with Crippen LogP contribution >= 0.6 is 0 Å². The first-order chi connectivity index (χ1) is 7.99. The van der Waals surface area contributed by atoms with Crippen molar-refractivity contribution in [3.8, 4) is 0 Å². The summed E-state index contributed by atoms with van der Waals surface area (Å²) in [5.74, 6) is -1.14. The smallest absolute Gasteiger partial charge is 0.321 e. The summed E-state index contributed by atoms with van der Waals surface area (Å²) in [6, 6.07) is 5.94. The molecule has 1 atom stereocenters. The number of carboxylic acids is 1. The third-order valence-corrected chi connectivity index (χ3v) is 4.44. The minimum atomic E-state index is -0.952. The van der Waals surface area contributed by atoms with Crippen molar-refractivity contribution in [1.82, 2.24) is 0 Å². The Kier molecular flexibility index (Phi) is 1.94. The molecule has 3 aliphatic rings. The second kappa shape index (κ2) is 3.07. The van der Waals surface area contributed by atoms with Gasteiger partial charge in [0.15, 0.2) is 0 Å². The number of hydrogen-bond donors (Lipinski definition) is 2. The van der Waals surface area contributed by atoms with Crippen LogP contribution < -0.4 is 5.73 Å². The fourth-order valence-electron chi connectivity index (χ4n) is 3.64. The highest BCUT2D eigenvalue weighted by atomic mass is 19.1. The van der Waals surface area contributed by atoms with Gasteiger partial charge in [0, 0.05) is 5.41 Å². The number of rotatable bonds is 3. The molecule has 0 amide bonds. The fraction of sp³-hybridized carbons (Fsp3) is 0.462. The average Bonchev–Trinajstić information content (AvgIpc) is 2.16. The van der Waals surface area contributed by atoms with Gasteiger partial charge in [-0.25, -0.2) is 4.39 Å². The van der Waals surface area contributed by atoms with Crippen LogP contribution in [0.1, 0.15) is 24.8 Å². The standard InChI is InChI=1S/C13H14FNO2/c14-9-4-2-1-3-8(9)12-5-13(6-12,7-12)10(15)11(16)17/h1-4,10H,5-7,15H2,(H,16,17). The van der Waals surface area contributed by atoms with E-state index in [0.29, 0.717) is 19.3 Å². The SMILES string of the molecule is NC(C(=O)O)C12CC(c3ccccc3F)(C1)C2. The van der Waals surface area contributed by atoms with Gasteiger partial charge in [0.05, 0.1) is 0 Å². The summed E-state index contributed by atoms with van der Waals surface area (Å²) in [5, 5.41) is 8.92. The van der Waals surface area contributed by atoms with Crippen molar-refractivity contribution in [2.24, 2.45) is 11.1 Å². The zero-order valence-corrected chi connectivity index (χ0v) is 9.32. The molecule has 2 bridgehead atoms. The second-order valence-corrected chi connectivity index (χ2v) is 5.47. The lowest BCUT2D eigenvalue weighted by molar-refractivity contribution is -0.179. The topological polar surface area (TPSA) is 63.3 Å². The van der Waals surface area contributed by atoms with E-state index in [0.717, 1.165) is 5.56 Å². The van der Waals surface area contributed by atoms with Crippen LogP contribution in [-0.2, 0) is 10.2 Å². The normalized spacial score (nSPS) is 35.6. The van der Waals surface area contributed by atoms with Gasteiger partial charge >= 0.3 is 5.97 Å². The van der Waals surface area contributed by atoms with Crippen molar-refractivity contribution in [2.45, 2.75) is 30.7 Å². The summed E-state index contributed by atoms with van der Waals surface area (Å²) in [4.78, 5) is 10.9. The van der Waals surface area contributed by atoms with Crippen LogP contribution in [0.2, 0.25) is 0 Å². The monoisotopic (exact) mass is 235 g/mol. The predicted molar refractivity (Wildman–Crippen MR) is 60.0 cm³/mol. The number of hydrogen-bond acceptors (Lipinski definition) is 2. The fourth-order valence-corrected chi connectivity index (χ4v) is 3.64. The lowest BCUT2D eigenvalue weighted by Gasteiger charge is -2.72. The Morgan fingerprint density at radius 2 is 1.94 bits per heavy atom. The second-order valence-electron chi connectivity index (χ2n) is 5.47. The molecule has 17 heavy (non-hydrogen) atoms. The minimum Gasteiger partial charge on any atom is -0.480 e. The largest absolute Gasteiger partial charge is 0.480 e. The Balaban J connectivity index is 1.81. The van der Waals surface area contributed by atoms with E-state index in [1.165, 1.54) is 6.07 Å². The quantitative estimate of drug-likeness (QED) is 0.837. The van der Waals surface area contributed by atoms with Gasteiger partial charge in [-0.1, -0.05) is 18.2 Å². The van der Waals surface area contributed by atoms with E-state index in [9.17, 15) is 9.18 Å². The maximum Gasteiger partial charge on any atom is 0.321 e. The van der Waals surface area contributed by atoms with E-state index in [2.05, 4.69) is 0 Å². The van der Waals surface area contributed by atoms with E-state index in [1.807, 2.05) is 6.07 Å². The maximum atomic E-state index is 13.7. The van der Waals surface area contributed by atoms with Crippen molar-refractivity contribution in [1.29, 1.82) is 0 Å². The lowest BCUT2D eigenvalue weighted by atomic mass is 9.31. The molecular formula is C13H14FNO2. The van der Waals surface area contributed by atoms with Gasteiger partial charge in [0.1, 0.15) is 11.9 Å². The Labute approximate surface area is 98.4 Å². The molecule has 4 rings (SSSR count). The number of benzene rings is 1. The van der Waals surface area contributed by atoms with Crippen LogP contribution in [0.3, 0.4) is 0 Å². The van der Waals surface area contributed by atoms with Gasteiger partial charge in [-0.2, -0.15) is 0 Å². The molecule has 3 N–H and O–H groups in total. The molecular weight excluding hydrogens is 221 g/mol. The molecule has 0 aliphatic heterocycles. The first kappa shape index (κ1) is 10.7. The zero-order chi connectivity index (χ0) is 12.3. The van der Waals surface area contributed by atoms with Crippen molar-refractivity contribution >= 4 is 5.97 Å². The van der Waals surface area contributed by atoms with Gasteiger partial charge < -0.3 is 10.8 Å². The van der Waals surface area contributed by atoms with Crippen LogP contribution in [0, 0.1) is 11.2 Å². The molecule has 90 valence electrons. The molecule has 3 aliphatic carbocycles. The van der Waals surface area contributed by atoms with Crippen LogP contribution in [0.15, 0.2) is 24.3 Å². The molecule has 0 spiro atoms. The maximum absolute atomic E-state index is 13.7. The number of carboxylic acid groups (broad SMARTS) is 1. The number of carbonyl (C=O) groups is 1. The molecule has 4 heteroatoms. The molecule has 3 fully saturated rings. The zero-order valence-electron chi connectivity index (χ0n) is 9.32. The first-order valence-electron chi connectivity index (χ1n) is 5.73. The Hall–Kier alpha value is -1.42. The molecule has 0 saturated heterocycles. The number of halogens is 1. The van der Waals surface area contributed by atoms with Crippen LogP contribution in [0.25, 0.3) is 0 Å². The third kappa shape index (κ3) is 1.21. The van der Waals surface area contributed by atoms with E-state index in [-0.39, 0.29) is 16.6 Å². The third-order valence-electron chi connectivity index (χ3n) is 4.44. The van der Waals surface area contributed by atoms with Crippen LogP contribution in [0.4, 0.5) is 4.39 Å². The summed E-state index contributed by atoms with van der Waals surface area (Å²) >= 11 is 0. The summed E-state index contributed by atoms with van der Waals surface area (Å²) in [6.45, 7) is 0. The molecule has 0 heterocycles. The molecule has 3 nitrogen and oxygen atoms in total. The van der Waals surface area contributed by atoms with Crippen molar-refractivity contribution in [3.63, 3.8) is 0 Å². The highest BCUT2D eigenvalue weighted by molar-refractivity contribution is 5.76. The summed E-state index contributed by atoms with van der Waals surface area (Å²) in [6.07, 6.45) is 2.11. The van der Waals surface area contributed by atoms with Gasteiger partial charge in [0.25, 0.3) is 0 Å². The van der Waals surface area contributed by atoms with Crippen LogP contribution in [0.5, 0.6) is 0 Å². The predicted octanol–water partition coefficient (Wildman–Crippen LogP) is 1.66. The molecule has 1 aromatic carbocycles.